The molecule has 0 radical (unpaired) electrons. The minimum atomic E-state index is -0.386. The van der Waals surface area contributed by atoms with Crippen molar-refractivity contribution in [3.63, 3.8) is 0 Å². The molecule has 0 amide bonds. The van der Waals surface area contributed by atoms with E-state index in [9.17, 15) is 9.18 Å². The smallest absolute Gasteiger partial charge is 0.338 e. The average Bonchev–Trinajstić information content (AvgIpc) is 3.29. The summed E-state index contributed by atoms with van der Waals surface area (Å²) in [5.74, 6) is -0.112. The maximum atomic E-state index is 12.9. The molecule has 2 aromatic carbocycles. The van der Waals surface area contributed by atoms with Crippen LogP contribution in [0.4, 0.5) is 4.39 Å². The third-order valence-electron chi connectivity index (χ3n) is 4.31. The molecule has 0 aliphatic carbocycles. The van der Waals surface area contributed by atoms with Crippen molar-refractivity contribution in [3.8, 4) is 16.3 Å². The Labute approximate surface area is 171 Å². The van der Waals surface area contributed by atoms with Gasteiger partial charge in [0.2, 0.25) is 0 Å². The lowest BCUT2D eigenvalue weighted by Gasteiger charge is -2.10. The van der Waals surface area contributed by atoms with Crippen LogP contribution >= 0.6 is 11.3 Å². The van der Waals surface area contributed by atoms with Gasteiger partial charge in [0.1, 0.15) is 11.6 Å². The summed E-state index contributed by atoms with van der Waals surface area (Å²) < 4.78 is 23.9. The highest BCUT2D eigenvalue weighted by molar-refractivity contribution is 7.13. The number of carbonyl (C=O) groups excluding carboxylic acids is 1. The van der Waals surface area contributed by atoms with Crippen molar-refractivity contribution in [2.45, 2.75) is 6.42 Å². The average molecular weight is 407 g/mol. The fourth-order valence-electron chi connectivity index (χ4n) is 2.92. The van der Waals surface area contributed by atoms with E-state index in [1.54, 1.807) is 29.5 Å². The lowest BCUT2D eigenvalue weighted by molar-refractivity contribution is 0.0488. The van der Waals surface area contributed by atoms with Crippen LogP contribution in [0.25, 0.3) is 21.5 Å². The predicted octanol–water partition coefficient (Wildman–Crippen LogP) is 5.73. The molecule has 0 unspecified atom stereocenters. The maximum absolute atomic E-state index is 12.9. The monoisotopic (exact) mass is 407 g/mol. The van der Waals surface area contributed by atoms with E-state index >= 15 is 0 Å². The Balaban J connectivity index is 1.42. The van der Waals surface area contributed by atoms with E-state index in [-0.39, 0.29) is 18.4 Å². The number of hydrogen-bond acceptors (Lipinski definition) is 5. The molecule has 4 nitrogen and oxygen atoms in total. The second-order valence-corrected chi connectivity index (χ2v) is 7.29. The van der Waals surface area contributed by atoms with E-state index in [2.05, 4.69) is 4.98 Å². The van der Waals surface area contributed by atoms with Crippen LogP contribution in [-0.2, 0) is 4.74 Å². The number of ether oxygens (including phenoxy) is 2. The fraction of sp³-hybridized carbons (Fsp3) is 0.130. The van der Waals surface area contributed by atoms with Crippen LogP contribution in [-0.4, -0.2) is 24.2 Å². The van der Waals surface area contributed by atoms with Crippen LogP contribution in [0.15, 0.2) is 72.1 Å². The second-order valence-electron chi connectivity index (χ2n) is 6.34. The Morgan fingerprint density at radius 1 is 1.00 bits per heavy atom. The lowest BCUT2D eigenvalue weighted by atomic mass is 10.1. The Bertz CT molecular complexity index is 1110. The molecule has 146 valence electrons. The van der Waals surface area contributed by atoms with Gasteiger partial charge in [0, 0.05) is 11.8 Å². The Kier molecular flexibility index (Phi) is 5.81. The summed E-state index contributed by atoms with van der Waals surface area (Å²) in [7, 11) is 0. The zero-order valence-corrected chi connectivity index (χ0v) is 16.3. The van der Waals surface area contributed by atoms with Gasteiger partial charge in [-0.2, -0.15) is 0 Å². The molecule has 2 heterocycles. The van der Waals surface area contributed by atoms with Crippen molar-refractivity contribution in [2.24, 2.45) is 0 Å². The number of thiophene rings is 1. The summed E-state index contributed by atoms with van der Waals surface area (Å²) in [6.45, 7) is 0.599. The zero-order chi connectivity index (χ0) is 20.1. The first-order valence-corrected chi connectivity index (χ1v) is 10.1. The normalized spacial score (nSPS) is 10.8. The number of nitrogens with zero attached hydrogens (tertiary/aromatic N) is 1. The number of fused-ring (bicyclic) bond motifs is 1. The van der Waals surface area contributed by atoms with Crippen molar-refractivity contribution in [1.29, 1.82) is 0 Å². The third kappa shape index (κ3) is 4.60. The van der Waals surface area contributed by atoms with Gasteiger partial charge in [-0.15, -0.1) is 11.3 Å². The summed E-state index contributed by atoms with van der Waals surface area (Å²) >= 11 is 1.57. The van der Waals surface area contributed by atoms with Crippen molar-refractivity contribution in [2.75, 3.05) is 13.2 Å². The Morgan fingerprint density at radius 3 is 2.62 bits per heavy atom. The summed E-state index contributed by atoms with van der Waals surface area (Å²) in [5.41, 5.74) is 2.01. The second kappa shape index (κ2) is 8.84. The summed E-state index contributed by atoms with van der Waals surface area (Å²) in [6.07, 6.45) is 0.532. The van der Waals surface area contributed by atoms with E-state index in [1.165, 1.54) is 12.1 Å². The molecule has 29 heavy (non-hydrogen) atoms. The molecule has 2 aromatic heterocycles. The molecule has 0 saturated carbocycles. The van der Waals surface area contributed by atoms with Gasteiger partial charge in [0.25, 0.3) is 0 Å². The quantitative estimate of drug-likeness (QED) is 0.290. The van der Waals surface area contributed by atoms with E-state index < -0.39 is 0 Å². The number of pyridine rings is 1. The number of benzene rings is 2. The molecular weight excluding hydrogens is 389 g/mol. The largest absolute Gasteiger partial charge is 0.493 e. The van der Waals surface area contributed by atoms with Gasteiger partial charge in [0.05, 0.1) is 34.9 Å². The van der Waals surface area contributed by atoms with Crippen molar-refractivity contribution < 1.29 is 18.7 Å². The fourth-order valence-corrected chi connectivity index (χ4v) is 3.60. The number of esters is 1. The number of halogens is 1. The molecule has 0 bridgehead atoms. The molecule has 6 heteroatoms. The standard InChI is InChI=1S/C23H18FNO3S/c24-16-8-10-17(11-9-16)27-12-4-13-28-23(26)19-15-21(22-7-3-14-29-22)25-20-6-2-1-5-18(19)20/h1-3,5-11,14-15H,4,12-13H2. The van der Waals surface area contributed by atoms with Crippen LogP contribution in [0.1, 0.15) is 16.8 Å². The Hall–Kier alpha value is -3.25. The zero-order valence-electron chi connectivity index (χ0n) is 15.5. The van der Waals surface area contributed by atoms with Crippen molar-refractivity contribution in [1.82, 2.24) is 4.98 Å². The van der Waals surface area contributed by atoms with E-state index in [1.807, 2.05) is 41.8 Å². The molecule has 0 saturated heterocycles. The first-order chi connectivity index (χ1) is 14.2. The molecule has 0 spiro atoms. The van der Waals surface area contributed by atoms with Gasteiger partial charge >= 0.3 is 5.97 Å². The van der Waals surface area contributed by atoms with Crippen molar-refractivity contribution >= 4 is 28.2 Å². The molecule has 0 aliphatic rings. The van der Waals surface area contributed by atoms with Crippen LogP contribution in [0.5, 0.6) is 5.75 Å². The highest BCUT2D eigenvalue weighted by Crippen LogP contribution is 2.28. The molecule has 4 aromatic rings. The topological polar surface area (TPSA) is 48.4 Å². The molecule has 0 fully saturated rings. The van der Waals surface area contributed by atoms with Gasteiger partial charge in [-0.25, -0.2) is 14.2 Å². The highest BCUT2D eigenvalue weighted by Gasteiger charge is 2.15. The molecular formula is C23H18FNO3S. The van der Waals surface area contributed by atoms with Gasteiger partial charge in [0.15, 0.2) is 0 Å². The van der Waals surface area contributed by atoms with Crippen LogP contribution in [0, 0.1) is 5.82 Å². The highest BCUT2D eigenvalue weighted by atomic mass is 32.1. The maximum Gasteiger partial charge on any atom is 0.338 e. The number of para-hydroxylation sites is 1. The first-order valence-electron chi connectivity index (χ1n) is 9.20. The lowest BCUT2D eigenvalue weighted by Crippen LogP contribution is -2.10. The SMILES string of the molecule is O=C(OCCCOc1ccc(F)cc1)c1cc(-c2cccs2)nc2ccccc12. The number of carbonyl (C=O) groups is 1. The summed E-state index contributed by atoms with van der Waals surface area (Å²) in [4.78, 5) is 18.4. The molecule has 4 rings (SSSR count). The van der Waals surface area contributed by atoms with Gasteiger partial charge < -0.3 is 9.47 Å². The van der Waals surface area contributed by atoms with Crippen LogP contribution < -0.4 is 4.74 Å². The van der Waals surface area contributed by atoms with Crippen LogP contribution in [0.3, 0.4) is 0 Å². The molecule has 0 N–H and O–H groups in total. The minimum absolute atomic E-state index is 0.227. The van der Waals surface area contributed by atoms with Crippen molar-refractivity contribution in [3.05, 3.63) is 83.5 Å². The molecule has 0 atom stereocenters. The number of aromatic nitrogens is 1. The minimum Gasteiger partial charge on any atom is -0.493 e. The van der Waals surface area contributed by atoms with E-state index in [0.29, 0.717) is 24.3 Å². The number of rotatable bonds is 7. The summed E-state index contributed by atoms with van der Waals surface area (Å²) in [6, 6.07) is 19.1. The first kappa shape index (κ1) is 19.1. The Morgan fingerprint density at radius 2 is 1.83 bits per heavy atom. The van der Waals surface area contributed by atoms with Gasteiger partial charge in [-0.3, -0.25) is 0 Å². The third-order valence-corrected chi connectivity index (χ3v) is 5.21. The van der Waals surface area contributed by atoms with E-state index in [0.717, 1.165) is 21.5 Å². The predicted molar refractivity (Wildman–Crippen MR) is 112 cm³/mol. The summed E-state index contributed by atoms with van der Waals surface area (Å²) in [5, 5.41) is 2.74. The van der Waals surface area contributed by atoms with Gasteiger partial charge in [-0.05, 0) is 47.8 Å². The van der Waals surface area contributed by atoms with Crippen LogP contribution in [0.2, 0.25) is 0 Å². The van der Waals surface area contributed by atoms with E-state index in [4.69, 9.17) is 9.47 Å². The van der Waals surface area contributed by atoms with Gasteiger partial charge in [-0.1, -0.05) is 24.3 Å². The number of hydrogen-bond donors (Lipinski definition) is 0. The molecule has 0 aliphatic heterocycles.